The molecule has 300 valence electrons. The highest BCUT2D eigenvalue weighted by molar-refractivity contribution is 7.91. The fraction of sp³-hybridized carbons (Fsp3) is 0.590. The molecule has 4 amide bonds. The number of aromatic nitrogens is 3. The van der Waals surface area contributed by atoms with Crippen LogP contribution in [0, 0.1) is 5.92 Å². The van der Waals surface area contributed by atoms with Gasteiger partial charge in [-0.1, -0.05) is 37.1 Å². The van der Waals surface area contributed by atoms with Gasteiger partial charge in [-0.15, -0.1) is 0 Å². The number of ether oxygens (including phenoxy) is 3. The first kappa shape index (κ1) is 38.1. The number of nitrogens with one attached hydrogen (secondary N) is 3. The number of hydrogen-bond acceptors (Lipinski definition) is 11. The maximum atomic E-state index is 14.6. The Morgan fingerprint density at radius 1 is 1.02 bits per heavy atom. The van der Waals surface area contributed by atoms with Crippen molar-refractivity contribution >= 4 is 50.4 Å². The van der Waals surface area contributed by atoms with E-state index in [9.17, 15) is 27.6 Å². The quantitative estimate of drug-likeness (QED) is 0.269. The van der Waals surface area contributed by atoms with Crippen LogP contribution < -0.4 is 20.1 Å². The summed E-state index contributed by atoms with van der Waals surface area (Å²) in [6, 6.07) is 7.16. The van der Waals surface area contributed by atoms with E-state index in [1.54, 1.807) is 17.7 Å². The maximum Gasteiger partial charge on any atom is 0.408 e. The van der Waals surface area contributed by atoms with Gasteiger partial charge in [0.2, 0.25) is 27.7 Å². The molecule has 0 radical (unpaired) electrons. The monoisotopic (exact) mass is 791 g/mol. The molecule has 17 heteroatoms. The highest BCUT2D eigenvalue weighted by atomic mass is 32.2. The zero-order valence-corrected chi connectivity index (χ0v) is 32.3. The van der Waals surface area contributed by atoms with E-state index >= 15 is 0 Å². The number of methoxy groups -OCH3 is 1. The summed E-state index contributed by atoms with van der Waals surface area (Å²) in [6.45, 7) is 0.183. The molecule has 2 aliphatic heterocycles. The summed E-state index contributed by atoms with van der Waals surface area (Å²) in [5, 5.41) is 10.6. The highest BCUT2D eigenvalue weighted by Crippen LogP contribution is 2.46. The smallest absolute Gasteiger partial charge is 0.408 e. The van der Waals surface area contributed by atoms with E-state index in [1.165, 1.54) is 4.90 Å². The molecule has 0 unspecified atom stereocenters. The highest BCUT2D eigenvalue weighted by Gasteiger charge is 2.62. The van der Waals surface area contributed by atoms with Crippen LogP contribution in [0.3, 0.4) is 0 Å². The fourth-order valence-electron chi connectivity index (χ4n) is 8.31. The summed E-state index contributed by atoms with van der Waals surface area (Å²) in [6.07, 6.45) is 10.1. The van der Waals surface area contributed by atoms with Crippen LogP contribution in [0.25, 0.3) is 16.6 Å². The summed E-state index contributed by atoms with van der Waals surface area (Å²) < 4.78 is 47.3. The number of nitrogens with zero attached hydrogens (tertiary/aromatic N) is 4. The second kappa shape index (κ2) is 15.6. The van der Waals surface area contributed by atoms with Crippen molar-refractivity contribution in [2.45, 2.75) is 125 Å². The zero-order chi connectivity index (χ0) is 39.0. The number of benzene rings is 1. The first-order valence-corrected chi connectivity index (χ1v) is 21.3. The lowest BCUT2D eigenvalue weighted by Gasteiger charge is -2.30. The van der Waals surface area contributed by atoms with E-state index < -0.39 is 68.7 Å². The molecule has 0 spiro atoms. The van der Waals surface area contributed by atoms with Crippen molar-refractivity contribution in [3.8, 4) is 5.88 Å². The second-order valence-electron chi connectivity index (χ2n) is 15.8. The summed E-state index contributed by atoms with van der Waals surface area (Å²) in [5.41, 5.74) is 0.341. The van der Waals surface area contributed by atoms with Crippen molar-refractivity contribution in [3.05, 3.63) is 48.2 Å². The number of allylic oxidation sites excluding steroid dienone is 1. The van der Waals surface area contributed by atoms with Gasteiger partial charge in [0.05, 0.1) is 29.6 Å². The predicted octanol–water partition coefficient (Wildman–Crippen LogP) is 3.42. The van der Waals surface area contributed by atoms with Gasteiger partial charge in [0, 0.05) is 30.9 Å². The molecule has 56 heavy (non-hydrogen) atoms. The van der Waals surface area contributed by atoms with Crippen LogP contribution in [0.15, 0.2) is 42.5 Å². The number of carbonyl (C=O) groups excluding carboxylic acids is 4. The van der Waals surface area contributed by atoms with Gasteiger partial charge in [0.25, 0.3) is 5.91 Å². The number of hydrogen-bond donors (Lipinski definition) is 3. The summed E-state index contributed by atoms with van der Waals surface area (Å²) in [7, 11) is -2.33. The van der Waals surface area contributed by atoms with Gasteiger partial charge in [-0.05, 0) is 76.3 Å². The molecule has 1 saturated heterocycles. The van der Waals surface area contributed by atoms with Gasteiger partial charge in [0.15, 0.2) is 5.65 Å². The van der Waals surface area contributed by atoms with Gasteiger partial charge in [0.1, 0.15) is 29.8 Å². The van der Waals surface area contributed by atoms with Gasteiger partial charge >= 0.3 is 6.09 Å². The van der Waals surface area contributed by atoms with Crippen LogP contribution in [0.4, 0.5) is 4.79 Å². The van der Waals surface area contributed by atoms with Crippen LogP contribution in [-0.4, -0.2) is 100 Å². The lowest BCUT2D eigenvalue weighted by Crippen LogP contribution is -2.58. The molecule has 1 aromatic carbocycles. The minimum Gasteiger partial charge on any atom is -0.472 e. The lowest BCUT2D eigenvalue weighted by molar-refractivity contribution is -0.141. The van der Waals surface area contributed by atoms with Crippen molar-refractivity contribution < 1.29 is 41.8 Å². The average molecular weight is 792 g/mol. The van der Waals surface area contributed by atoms with Gasteiger partial charge in [-0.3, -0.25) is 19.1 Å². The third kappa shape index (κ3) is 7.92. The van der Waals surface area contributed by atoms with Crippen molar-refractivity contribution in [3.63, 3.8) is 0 Å². The molecule has 8 rings (SSSR count). The van der Waals surface area contributed by atoms with E-state index in [4.69, 9.17) is 24.3 Å². The molecule has 3 N–H and O–H groups in total. The Labute approximate surface area is 325 Å². The molecule has 5 aliphatic rings. The molecule has 4 fully saturated rings. The van der Waals surface area contributed by atoms with Crippen LogP contribution in [0.2, 0.25) is 0 Å². The van der Waals surface area contributed by atoms with Crippen LogP contribution in [0.1, 0.15) is 89.2 Å². The normalized spacial score (nSPS) is 28.1. The molecular weight excluding hydrogens is 743 g/mol. The summed E-state index contributed by atoms with van der Waals surface area (Å²) in [5.74, 6) is -1.97. The molecule has 0 bridgehead atoms. The summed E-state index contributed by atoms with van der Waals surface area (Å²) in [4.78, 5) is 62.2. The van der Waals surface area contributed by atoms with Crippen LogP contribution in [0.5, 0.6) is 5.88 Å². The third-order valence-electron chi connectivity index (χ3n) is 11.6. The molecular formula is C39H49N7O9S. The third-order valence-corrected chi connectivity index (χ3v) is 13.4. The number of rotatable bonds is 9. The molecule has 5 atom stereocenters. The lowest BCUT2D eigenvalue weighted by atomic mass is 10.0. The second-order valence-corrected chi connectivity index (χ2v) is 17.7. The summed E-state index contributed by atoms with van der Waals surface area (Å²) >= 11 is 0. The maximum absolute atomic E-state index is 14.6. The van der Waals surface area contributed by atoms with Gasteiger partial charge in [-0.2, -0.15) is 9.61 Å². The minimum absolute atomic E-state index is 0.0183. The van der Waals surface area contributed by atoms with Gasteiger partial charge in [-0.25, -0.2) is 18.2 Å². The zero-order valence-electron chi connectivity index (χ0n) is 31.5. The van der Waals surface area contributed by atoms with E-state index in [0.29, 0.717) is 54.8 Å². The Hall–Kier alpha value is -4.77. The Morgan fingerprint density at radius 3 is 2.59 bits per heavy atom. The van der Waals surface area contributed by atoms with E-state index in [1.807, 2.05) is 36.4 Å². The molecule has 3 aliphatic carbocycles. The van der Waals surface area contributed by atoms with Crippen LogP contribution in [-0.2, 0) is 40.5 Å². The molecule has 4 heterocycles. The number of alkyl carbamates (subject to hydrolysis) is 1. The molecule has 3 saturated carbocycles. The van der Waals surface area contributed by atoms with Crippen molar-refractivity contribution in [2.75, 3.05) is 13.7 Å². The number of carbonyl (C=O) groups is 4. The Bertz CT molecular complexity index is 2150. The van der Waals surface area contributed by atoms with E-state index in [2.05, 4.69) is 15.4 Å². The standard InChI is InChI=1S/C39H49N7O9S/c1-53-23-25-19-33(46-34(40-25)29-14-9-10-15-30(29)43-46)54-27-20-32-35(47)42-39(37(49)44-56(51,52)28-17-18-28)21-24(39)11-5-3-2-4-6-16-31(36(48)45(32)22-27)41-38(50)55-26-12-7-8-13-26/h5,9-11,14-15,19,24,26-28,31-32H,2-4,6-8,12-13,16-18,20-23H2,1H3,(H,41,50)(H,42,47)(H,44,49)/b11-5-/t24-,27+,31-,32-,39+/m0/s1. The van der Waals surface area contributed by atoms with Crippen molar-refractivity contribution in [1.29, 1.82) is 0 Å². The van der Waals surface area contributed by atoms with Gasteiger partial charge < -0.3 is 29.7 Å². The molecule has 16 nitrogen and oxygen atoms in total. The average Bonchev–Trinajstić information content (AvgIpc) is 3.98. The Balaban J connectivity index is 1.11. The molecule has 2 aromatic heterocycles. The SMILES string of the molecule is COCc1cc(O[C@@H]2C[C@H]3C(=O)N[C@]4(C(=O)NS(=O)(=O)C5CC5)C[C@@H]4/C=C\CCCCC[C@H](NC(=O)OC4CCCC4)C(=O)N3C2)n2nc3ccccc3c2n1. The first-order chi connectivity index (χ1) is 27.0. The topological polar surface area (TPSA) is 200 Å². The Morgan fingerprint density at radius 2 is 1.80 bits per heavy atom. The number of fused-ring (bicyclic) bond motifs is 5. The van der Waals surface area contributed by atoms with Crippen molar-refractivity contribution in [1.82, 2.24) is 34.9 Å². The predicted molar refractivity (Wildman–Crippen MR) is 203 cm³/mol. The fourth-order valence-corrected chi connectivity index (χ4v) is 9.67. The van der Waals surface area contributed by atoms with Crippen LogP contribution >= 0.6 is 0 Å². The van der Waals surface area contributed by atoms with Crippen molar-refractivity contribution in [2.24, 2.45) is 5.92 Å². The largest absolute Gasteiger partial charge is 0.472 e. The number of sulfonamides is 1. The minimum atomic E-state index is -3.90. The number of amides is 4. The molecule has 3 aromatic rings. The van der Waals surface area contributed by atoms with E-state index in [0.717, 1.165) is 43.9 Å². The Kier molecular flexibility index (Phi) is 10.6. The first-order valence-electron chi connectivity index (χ1n) is 19.8. The van der Waals surface area contributed by atoms with E-state index in [-0.39, 0.29) is 32.1 Å².